The van der Waals surface area contributed by atoms with E-state index in [1.807, 2.05) is 30.3 Å². The van der Waals surface area contributed by atoms with Crippen molar-refractivity contribution in [3.05, 3.63) is 48.0 Å². The molecular formula is C26H43NO2. The number of carbonyl (C=O) groups is 1. The molecule has 164 valence electrons. The average molecular weight is 402 g/mol. The lowest BCUT2D eigenvalue weighted by molar-refractivity contribution is -0.145. The summed E-state index contributed by atoms with van der Waals surface area (Å²) in [7, 11) is 0. The van der Waals surface area contributed by atoms with Crippen LogP contribution in [0.25, 0.3) is 0 Å². The fourth-order valence-corrected chi connectivity index (χ4v) is 3.41. The van der Waals surface area contributed by atoms with Crippen molar-refractivity contribution >= 4 is 5.97 Å². The van der Waals surface area contributed by atoms with Gasteiger partial charge in [-0.1, -0.05) is 107 Å². The minimum absolute atomic E-state index is 0.330. The highest BCUT2D eigenvalue weighted by Gasteiger charge is 2.16. The van der Waals surface area contributed by atoms with E-state index < -0.39 is 6.04 Å². The molecule has 0 aliphatic rings. The third kappa shape index (κ3) is 14.1. The summed E-state index contributed by atoms with van der Waals surface area (Å²) in [5.74, 6) is -0.330. The fourth-order valence-electron chi connectivity index (χ4n) is 3.41. The first-order chi connectivity index (χ1) is 14.3. The number of rotatable bonds is 18. The van der Waals surface area contributed by atoms with E-state index in [9.17, 15) is 4.79 Å². The van der Waals surface area contributed by atoms with E-state index in [0.29, 0.717) is 6.61 Å². The van der Waals surface area contributed by atoms with Crippen LogP contribution in [0, 0.1) is 0 Å². The lowest BCUT2D eigenvalue weighted by Crippen LogP contribution is -2.24. The summed E-state index contributed by atoms with van der Waals surface area (Å²) in [6.07, 6.45) is 22.6. The van der Waals surface area contributed by atoms with Crippen LogP contribution in [0.3, 0.4) is 0 Å². The monoisotopic (exact) mass is 401 g/mol. The lowest BCUT2D eigenvalue weighted by Gasteiger charge is -2.11. The Hall–Kier alpha value is -1.61. The van der Waals surface area contributed by atoms with Gasteiger partial charge in [-0.2, -0.15) is 0 Å². The van der Waals surface area contributed by atoms with Crippen molar-refractivity contribution in [2.45, 2.75) is 103 Å². The second kappa shape index (κ2) is 18.4. The van der Waals surface area contributed by atoms with E-state index in [-0.39, 0.29) is 5.97 Å². The van der Waals surface area contributed by atoms with Gasteiger partial charge in [-0.05, 0) is 37.7 Å². The fraction of sp³-hybridized carbons (Fsp3) is 0.654. The standard InChI is InChI=1S/C26H43NO2/c1-2-3-4-5-6-7-8-9-10-11-12-13-14-15-16-20-23-29-26(28)25(27)24-21-18-17-19-22-24/h9-10,17-19,21-22,25H,2-8,11-16,20,23,27H2,1H3/b10-9-. The summed E-state index contributed by atoms with van der Waals surface area (Å²) in [5.41, 5.74) is 6.73. The van der Waals surface area contributed by atoms with Crippen molar-refractivity contribution in [1.82, 2.24) is 0 Å². The molecule has 1 unspecified atom stereocenters. The van der Waals surface area contributed by atoms with Gasteiger partial charge in [0.2, 0.25) is 0 Å². The maximum atomic E-state index is 12.0. The molecule has 2 N–H and O–H groups in total. The molecule has 1 aromatic carbocycles. The molecule has 0 aromatic heterocycles. The summed E-state index contributed by atoms with van der Waals surface area (Å²) < 4.78 is 5.30. The number of nitrogens with two attached hydrogens (primary N) is 1. The Bertz CT molecular complexity index is 527. The molecule has 0 heterocycles. The third-order valence-corrected chi connectivity index (χ3v) is 5.31. The maximum Gasteiger partial charge on any atom is 0.327 e. The number of hydrogen-bond donors (Lipinski definition) is 1. The highest BCUT2D eigenvalue weighted by molar-refractivity contribution is 5.77. The lowest BCUT2D eigenvalue weighted by atomic mass is 10.1. The molecule has 0 bridgehead atoms. The predicted molar refractivity (Wildman–Crippen MR) is 124 cm³/mol. The van der Waals surface area contributed by atoms with Crippen LogP contribution < -0.4 is 5.73 Å². The molecule has 0 spiro atoms. The van der Waals surface area contributed by atoms with Crippen LogP contribution in [0.2, 0.25) is 0 Å². The second-order valence-electron chi connectivity index (χ2n) is 7.99. The number of allylic oxidation sites excluding steroid dienone is 2. The Labute approximate surface area is 179 Å². The highest BCUT2D eigenvalue weighted by atomic mass is 16.5. The summed E-state index contributed by atoms with van der Waals surface area (Å²) >= 11 is 0. The van der Waals surface area contributed by atoms with Gasteiger partial charge in [0.25, 0.3) is 0 Å². The van der Waals surface area contributed by atoms with Crippen LogP contribution in [0.5, 0.6) is 0 Å². The Kier molecular flexibility index (Phi) is 16.2. The predicted octanol–water partition coefficient (Wildman–Crippen LogP) is 7.27. The van der Waals surface area contributed by atoms with Crippen molar-refractivity contribution in [3.63, 3.8) is 0 Å². The Morgan fingerprint density at radius 2 is 1.34 bits per heavy atom. The zero-order valence-electron chi connectivity index (χ0n) is 18.6. The number of esters is 1. The molecule has 29 heavy (non-hydrogen) atoms. The molecule has 0 aliphatic carbocycles. The van der Waals surface area contributed by atoms with Gasteiger partial charge in [-0.3, -0.25) is 0 Å². The summed E-state index contributed by atoms with van der Waals surface area (Å²) in [6, 6.07) is 8.71. The minimum atomic E-state index is -0.676. The zero-order chi connectivity index (χ0) is 21.0. The quantitative estimate of drug-likeness (QED) is 0.160. The molecule has 1 aromatic rings. The molecule has 0 amide bonds. The smallest absolute Gasteiger partial charge is 0.327 e. The molecule has 1 rings (SSSR count). The Balaban J connectivity index is 1.85. The molecule has 0 fully saturated rings. The van der Waals surface area contributed by atoms with E-state index in [1.54, 1.807) is 0 Å². The van der Waals surface area contributed by atoms with Crippen LogP contribution in [0.4, 0.5) is 0 Å². The number of hydrogen-bond acceptors (Lipinski definition) is 3. The molecule has 1 atom stereocenters. The minimum Gasteiger partial charge on any atom is -0.464 e. The van der Waals surface area contributed by atoms with Gasteiger partial charge in [-0.15, -0.1) is 0 Å². The van der Waals surface area contributed by atoms with Gasteiger partial charge in [0.1, 0.15) is 6.04 Å². The molecular weight excluding hydrogens is 358 g/mol. The summed E-state index contributed by atoms with van der Waals surface area (Å²) in [4.78, 5) is 12.0. The van der Waals surface area contributed by atoms with Crippen molar-refractivity contribution < 1.29 is 9.53 Å². The SMILES string of the molecule is CCCCCCCC/C=C\CCCCCCCCOC(=O)C(N)c1ccccc1. The normalized spacial score (nSPS) is 12.3. The first kappa shape index (κ1) is 25.4. The molecule has 0 radical (unpaired) electrons. The van der Waals surface area contributed by atoms with Gasteiger partial charge in [0, 0.05) is 0 Å². The average Bonchev–Trinajstić information content (AvgIpc) is 2.75. The van der Waals surface area contributed by atoms with Gasteiger partial charge in [0.05, 0.1) is 6.61 Å². The van der Waals surface area contributed by atoms with Gasteiger partial charge in [0.15, 0.2) is 0 Å². The van der Waals surface area contributed by atoms with Crippen molar-refractivity contribution in [2.24, 2.45) is 5.73 Å². The summed E-state index contributed by atoms with van der Waals surface area (Å²) in [6.45, 7) is 2.74. The third-order valence-electron chi connectivity index (χ3n) is 5.31. The Morgan fingerprint density at radius 1 is 0.828 bits per heavy atom. The van der Waals surface area contributed by atoms with E-state index in [0.717, 1.165) is 18.4 Å². The van der Waals surface area contributed by atoms with Crippen LogP contribution in [-0.4, -0.2) is 12.6 Å². The summed E-state index contributed by atoms with van der Waals surface area (Å²) in [5, 5.41) is 0. The van der Waals surface area contributed by atoms with Gasteiger partial charge < -0.3 is 10.5 Å². The molecule has 3 nitrogen and oxygen atoms in total. The van der Waals surface area contributed by atoms with Crippen molar-refractivity contribution in [1.29, 1.82) is 0 Å². The Morgan fingerprint density at radius 3 is 1.93 bits per heavy atom. The van der Waals surface area contributed by atoms with E-state index in [4.69, 9.17) is 10.5 Å². The zero-order valence-corrected chi connectivity index (χ0v) is 18.6. The topological polar surface area (TPSA) is 52.3 Å². The first-order valence-corrected chi connectivity index (χ1v) is 11.9. The van der Waals surface area contributed by atoms with Crippen LogP contribution in [-0.2, 0) is 9.53 Å². The van der Waals surface area contributed by atoms with Crippen molar-refractivity contribution in [3.8, 4) is 0 Å². The molecule has 0 saturated carbocycles. The second-order valence-corrected chi connectivity index (χ2v) is 7.99. The van der Waals surface area contributed by atoms with Gasteiger partial charge >= 0.3 is 5.97 Å². The number of carbonyl (C=O) groups excluding carboxylic acids is 1. The first-order valence-electron chi connectivity index (χ1n) is 11.9. The molecule has 0 aliphatic heterocycles. The highest BCUT2D eigenvalue weighted by Crippen LogP contribution is 2.13. The van der Waals surface area contributed by atoms with E-state index in [1.165, 1.54) is 77.0 Å². The van der Waals surface area contributed by atoms with Gasteiger partial charge in [-0.25, -0.2) is 4.79 Å². The number of benzene rings is 1. The number of ether oxygens (including phenoxy) is 1. The van der Waals surface area contributed by atoms with Crippen LogP contribution in [0.1, 0.15) is 108 Å². The van der Waals surface area contributed by atoms with Crippen molar-refractivity contribution in [2.75, 3.05) is 6.61 Å². The van der Waals surface area contributed by atoms with E-state index in [2.05, 4.69) is 19.1 Å². The largest absolute Gasteiger partial charge is 0.464 e. The van der Waals surface area contributed by atoms with Crippen LogP contribution in [0.15, 0.2) is 42.5 Å². The van der Waals surface area contributed by atoms with Crippen LogP contribution >= 0.6 is 0 Å². The molecule has 0 saturated heterocycles. The van der Waals surface area contributed by atoms with E-state index >= 15 is 0 Å². The number of unbranched alkanes of at least 4 members (excludes halogenated alkanes) is 12. The maximum absolute atomic E-state index is 12.0. The molecule has 3 heteroatoms.